The van der Waals surface area contributed by atoms with Crippen LogP contribution in [0.15, 0.2) is 58.6 Å². The second-order valence-electron chi connectivity index (χ2n) is 8.03. The third kappa shape index (κ3) is 5.11. The Balaban J connectivity index is 1.27. The Labute approximate surface area is 188 Å². The molecule has 0 atom stereocenters. The van der Waals surface area contributed by atoms with Crippen LogP contribution in [0.2, 0.25) is 0 Å². The highest BCUT2D eigenvalue weighted by Gasteiger charge is 2.34. The molecule has 0 saturated carbocycles. The molecule has 0 spiro atoms. The van der Waals surface area contributed by atoms with Crippen molar-refractivity contribution in [1.82, 2.24) is 14.1 Å². The SMILES string of the molecule is O=C(c1ccco1)N1CCN(C(=O)C2CCN(S(=O)(=O)C=Cc3ccccc3)CC2)CC1. The van der Waals surface area contributed by atoms with Crippen molar-refractivity contribution in [3.63, 3.8) is 0 Å². The Morgan fingerprint density at radius 1 is 0.875 bits per heavy atom. The number of piperazine rings is 1. The van der Waals surface area contributed by atoms with Gasteiger partial charge in [0, 0.05) is 50.6 Å². The Morgan fingerprint density at radius 3 is 2.16 bits per heavy atom. The predicted molar refractivity (Wildman–Crippen MR) is 120 cm³/mol. The largest absolute Gasteiger partial charge is 0.459 e. The number of amides is 2. The standard InChI is InChI=1S/C23H27N3O5S/c27-22(24-13-15-25(16-14-24)23(28)21-7-4-17-31-21)20-8-11-26(12-9-20)32(29,30)18-10-19-5-2-1-3-6-19/h1-7,10,17-18,20H,8-9,11-16H2. The molecule has 2 amide bonds. The average molecular weight is 458 g/mol. The van der Waals surface area contributed by atoms with E-state index in [0.717, 1.165) is 5.56 Å². The van der Waals surface area contributed by atoms with Gasteiger partial charge in [-0.05, 0) is 36.6 Å². The van der Waals surface area contributed by atoms with Gasteiger partial charge in [-0.25, -0.2) is 8.42 Å². The molecule has 170 valence electrons. The van der Waals surface area contributed by atoms with E-state index in [1.54, 1.807) is 28.0 Å². The Kier molecular flexibility index (Phi) is 6.76. The van der Waals surface area contributed by atoms with Crippen LogP contribution in [0.3, 0.4) is 0 Å². The lowest BCUT2D eigenvalue weighted by Crippen LogP contribution is -2.53. The first-order valence-corrected chi connectivity index (χ1v) is 12.3. The first kappa shape index (κ1) is 22.3. The fourth-order valence-electron chi connectivity index (χ4n) is 4.12. The van der Waals surface area contributed by atoms with E-state index < -0.39 is 10.0 Å². The number of hydrogen-bond acceptors (Lipinski definition) is 5. The van der Waals surface area contributed by atoms with Crippen molar-refractivity contribution in [2.75, 3.05) is 39.3 Å². The normalized spacial score (nSPS) is 18.9. The first-order chi connectivity index (χ1) is 15.4. The quantitative estimate of drug-likeness (QED) is 0.687. The second-order valence-corrected chi connectivity index (χ2v) is 9.84. The van der Waals surface area contributed by atoms with Gasteiger partial charge in [0.2, 0.25) is 15.9 Å². The highest BCUT2D eigenvalue weighted by molar-refractivity contribution is 7.92. The molecule has 0 bridgehead atoms. The lowest BCUT2D eigenvalue weighted by atomic mass is 9.96. The van der Waals surface area contributed by atoms with Gasteiger partial charge in [-0.2, -0.15) is 4.31 Å². The van der Waals surface area contributed by atoms with Crippen LogP contribution in [0.1, 0.15) is 29.0 Å². The van der Waals surface area contributed by atoms with Crippen LogP contribution < -0.4 is 0 Å². The van der Waals surface area contributed by atoms with Crippen LogP contribution in [0.4, 0.5) is 0 Å². The van der Waals surface area contributed by atoms with E-state index in [2.05, 4.69) is 0 Å². The zero-order chi connectivity index (χ0) is 22.6. The molecule has 2 aliphatic heterocycles. The third-order valence-electron chi connectivity index (χ3n) is 6.01. The number of furan rings is 1. The van der Waals surface area contributed by atoms with Gasteiger partial charge in [-0.15, -0.1) is 0 Å². The van der Waals surface area contributed by atoms with Crippen LogP contribution in [-0.4, -0.2) is 73.6 Å². The van der Waals surface area contributed by atoms with Crippen molar-refractivity contribution in [3.05, 3.63) is 65.5 Å². The maximum absolute atomic E-state index is 12.9. The molecule has 2 saturated heterocycles. The third-order valence-corrected chi connectivity index (χ3v) is 7.57. The van der Waals surface area contributed by atoms with Crippen molar-refractivity contribution in [1.29, 1.82) is 0 Å². The van der Waals surface area contributed by atoms with Crippen molar-refractivity contribution in [2.45, 2.75) is 12.8 Å². The molecule has 0 unspecified atom stereocenters. The van der Waals surface area contributed by atoms with Crippen LogP contribution in [0.25, 0.3) is 6.08 Å². The Morgan fingerprint density at radius 2 is 1.53 bits per heavy atom. The van der Waals surface area contributed by atoms with E-state index in [1.165, 1.54) is 16.0 Å². The summed E-state index contributed by atoms with van der Waals surface area (Å²) in [4.78, 5) is 28.8. The minimum atomic E-state index is -3.52. The highest BCUT2D eigenvalue weighted by Crippen LogP contribution is 2.23. The molecule has 1 aromatic heterocycles. The molecular formula is C23H27N3O5S. The minimum absolute atomic E-state index is 0.0481. The van der Waals surface area contributed by atoms with Gasteiger partial charge in [0.05, 0.1) is 6.26 Å². The molecule has 9 heteroatoms. The molecule has 32 heavy (non-hydrogen) atoms. The summed E-state index contributed by atoms with van der Waals surface area (Å²) in [5, 5.41) is 1.24. The molecule has 8 nitrogen and oxygen atoms in total. The summed E-state index contributed by atoms with van der Waals surface area (Å²) in [6, 6.07) is 12.6. The maximum atomic E-state index is 12.9. The van der Waals surface area contributed by atoms with Crippen LogP contribution in [0, 0.1) is 5.92 Å². The van der Waals surface area contributed by atoms with Crippen molar-refractivity contribution in [3.8, 4) is 0 Å². The summed E-state index contributed by atoms with van der Waals surface area (Å²) in [6.45, 7) is 2.53. The summed E-state index contributed by atoms with van der Waals surface area (Å²) >= 11 is 0. The number of sulfonamides is 1. The van der Waals surface area contributed by atoms with Crippen molar-refractivity contribution >= 4 is 27.9 Å². The molecule has 0 radical (unpaired) electrons. The molecule has 2 fully saturated rings. The van der Waals surface area contributed by atoms with Gasteiger partial charge in [0.15, 0.2) is 5.76 Å². The molecule has 1 aromatic carbocycles. The van der Waals surface area contributed by atoms with Gasteiger partial charge < -0.3 is 14.2 Å². The smallest absolute Gasteiger partial charge is 0.289 e. The summed E-state index contributed by atoms with van der Waals surface area (Å²) in [5.74, 6) is 0.00249. The monoisotopic (exact) mass is 457 g/mol. The maximum Gasteiger partial charge on any atom is 0.289 e. The topological polar surface area (TPSA) is 91.1 Å². The van der Waals surface area contributed by atoms with Gasteiger partial charge in [-0.3, -0.25) is 9.59 Å². The van der Waals surface area contributed by atoms with Gasteiger partial charge in [0.25, 0.3) is 5.91 Å². The molecule has 3 heterocycles. The lowest BCUT2D eigenvalue weighted by Gasteiger charge is -2.38. The number of carbonyl (C=O) groups excluding carboxylic acids is 2. The lowest BCUT2D eigenvalue weighted by molar-refractivity contribution is -0.138. The summed E-state index contributed by atoms with van der Waals surface area (Å²) < 4.78 is 31.9. The number of piperidine rings is 1. The molecule has 2 aromatic rings. The summed E-state index contributed by atoms with van der Waals surface area (Å²) in [5.41, 5.74) is 0.825. The number of rotatable bonds is 5. The van der Waals surface area contributed by atoms with E-state index in [-0.39, 0.29) is 17.7 Å². The Bertz CT molecular complexity index is 1050. The second kappa shape index (κ2) is 9.70. The summed E-state index contributed by atoms with van der Waals surface area (Å²) in [7, 11) is -3.52. The van der Waals surface area contributed by atoms with Crippen LogP contribution in [0.5, 0.6) is 0 Å². The zero-order valence-electron chi connectivity index (χ0n) is 17.8. The van der Waals surface area contributed by atoms with E-state index in [0.29, 0.717) is 57.9 Å². The molecule has 4 rings (SSSR count). The fourth-order valence-corrected chi connectivity index (χ4v) is 5.34. The number of hydrogen-bond donors (Lipinski definition) is 0. The zero-order valence-corrected chi connectivity index (χ0v) is 18.6. The van der Waals surface area contributed by atoms with E-state index in [1.807, 2.05) is 30.3 Å². The minimum Gasteiger partial charge on any atom is -0.459 e. The van der Waals surface area contributed by atoms with Crippen molar-refractivity contribution < 1.29 is 22.4 Å². The Hall–Kier alpha value is -2.91. The van der Waals surface area contributed by atoms with Gasteiger partial charge >= 0.3 is 0 Å². The van der Waals surface area contributed by atoms with Crippen LogP contribution in [-0.2, 0) is 14.8 Å². The number of carbonyl (C=O) groups is 2. The molecule has 0 aliphatic carbocycles. The molecule has 2 aliphatic rings. The number of benzene rings is 1. The van der Waals surface area contributed by atoms with Gasteiger partial charge in [0.1, 0.15) is 0 Å². The van der Waals surface area contributed by atoms with E-state index in [4.69, 9.17) is 4.42 Å². The molecular weight excluding hydrogens is 430 g/mol. The van der Waals surface area contributed by atoms with Crippen molar-refractivity contribution in [2.24, 2.45) is 5.92 Å². The number of nitrogens with zero attached hydrogens (tertiary/aromatic N) is 3. The summed E-state index contributed by atoms with van der Waals surface area (Å²) in [6.07, 6.45) is 4.07. The molecule has 0 N–H and O–H groups in total. The average Bonchev–Trinajstić information content (AvgIpc) is 3.38. The van der Waals surface area contributed by atoms with Gasteiger partial charge in [-0.1, -0.05) is 30.3 Å². The van der Waals surface area contributed by atoms with Crippen LogP contribution >= 0.6 is 0 Å². The van der Waals surface area contributed by atoms with E-state index >= 15 is 0 Å². The van der Waals surface area contributed by atoms with E-state index in [9.17, 15) is 18.0 Å². The predicted octanol–water partition coefficient (Wildman–Crippen LogP) is 2.28. The first-order valence-electron chi connectivity index (χ1n) is 10.8. The fraction of sp³-hybridized carbons (Fsp3) is 0.391. The highest BCUT2D eigenvalue weighted by atomic mass is 32.2.